The third-order valence-electron chi connectivity index (χ3n) is 7.46. The van der Waals surface area contributed by atoms with Crippen molar-refractivity contribution < 1.29 is 14.3 Å². The first-order valence-corrected chi connectivity index (χ1v) is 9.22. The average Bonchev–Trinajstić information content (AvgIpc) is 2.57. The first kappa shape index (κ1) is 17.4. The predicted molar refractivity (Wildman–Crippen MR) is 94.4 cm³/mol. The second-order valence-corrected chi connectivity index (χ2v) is 8.68. The Hall–Kier alpha value is -1.38. The molecular weight excluding hydrogens is 300 g/mol. The van der Waals surface area contributed by atoms with Crippen molar-refractivity contribution in [1.29, 1.82) is 0 Å². The number of hydrogen-bond donors (Lipinski definition) is 0. The summed E-state index contributed by atoms with van der Waals surface area (Å²) >= 11 is 0. The van der Waals surface area contributed by atoms with E-state index in [1.165, 1.54) is 12.7 Å². The summed E-state index contributed by atoms with van der Waals surface area (Å²) in [6.45, 7) is 10.3. The lowest BCUT2D eigenvalue weighted by Crippen LogP contribution is -2.52. The number of rotatable bonds is 2. The van der Waals surface area contributed by atoms with Gasteiger partial charge in [-0.15, -0.1) is 6.58 Å². The molecule has 0 amide bonds. The van der Waals surface area contributed by atoms with E-state index >= 15 is 0 Å². The normalized spacial score (nSPS) is 42.2. The van der Waals surface area contributed by atoms with Gasteiger partial charge in [-0.3, -0.25) is 9.59 Å². The molecular formula is C21H30O3. The molecule has 0 radical (unpaired) electrons. The molecule has 1 fully saturated rings. The molecule has 0 aromatic carbocycles. The summed E-state index contributed by atoms with van der Waals surface area (Å²) in [4.78, 5) is 25.6. The number of ketones is 1. The Balaban J connectivity index is 2.06. The van der Waals surface area contributed by atoms with Gasteiger partial charge in [0.15, 0.2) is 5.78 Å². The maximum absolute atomic E-state index is 13.1. The quantitative estimate of drug-likeness (QED) is 0.548. The van der Waals surface area contributed by atoms with Crippen molar-refractivity contribution in [2.75, 3.05) is 7.11 Å². The van der Waals surface area contributed by atoms with Gasteiger partial charge in [-0.05, 0) is 69.3 Å². The van der Waals surface area contributed by atoms with Crippen LogP contribution in [-0.4, -0.2) is 18.9 Å². The third-order valence-corrected chi connectivity index (χ3v) is 7.46. The minimum Gasteiger partial charge on any atom is -0.469 e. The van der Waals surface area contributed by atoms with Crippen LogP contribution in [-0.2, 0) is 14.3 Å². The van der Waals surface area contributed by atoms with Crippen LogP contribution in [0.1, 0.15) is 65.7 Å². The van der Waals surface area contributed by atoms with Crippen LogP contribution in [0.5, 0.6) is 0 Å². The topological polar surface area (TPSA) is 43.4 Å². The number of Topliss-reactive ketones (excluding diaryl/α,β-unsaturated/α-hetero) is 1. The standard InChI is InChI=1S/C21H30O3/c1-6-19(2)13-10-15-14(17(19)22)8-9-16-20(15,3)11-7-12-21(16,4)18(23)24-5/h6,16H,1,7-13H2,2-5H3/t16-,19-,20-,21-/m1/s1. The van der Waals surface area contributed by atoms with E-state index in [2.05, 4.69) is 20.4 Å². The van der Waals surface area contributed by atoms with E-state index in [1.54, 1.807) is 0 Å². The number of fused-ring (bicyclic) bond motifs is 2. The molecule has 1 saturated carbocycles. The van der Waals surface area contributed by atoms with E-state index in [0.29, 0.717) is 0 Å². The number of carbonyl (C=O) groups is 2. The summed E-state index contributed by atoms with van der Waals surface area (Å²) in [5, 5.41) is 0. The van der Waals surface area contributed by atoms with Crippen molar-refractivity contribution >= 4 is 11.8 Å². The van der Waals surface area contributed by atoms with Gasteiger partial charge in [0.05, 0.1) is 12.5 Å². The van der Waals surface area contributed by atoms with Crippen LogP contribution in [0.4, 0.5) is 0 Å². The summed E-state index contributed by atoms with van der Waals surface area (Å²) in [6, 6.07) is 0. The molecule has 4 atom stereocenters. The molecule has 132 valence electrons. The highest BCUT2D eigenvalue weighted by Gasteiger charge is 2.58. The van der Waals surface area contributed by atoms with Gasteiger partial charge in [0.1, 0.15) is 0 Å². The number of ether oxygens (including phenoxy) is 1. The number of hydrogen-bond acceptors (Lipinski definition) is 3. The monoisotopic (exact) mass is 330 g/mol. The number of carbonyl (C=O) groups excluding carboxylic acids is 2. The highest BCUT2D eigenvalue weighted by Crippen LogP contribution is 2.62. The lowest BCUT2D eigenvalue weighted by atomic mass is 9.47. The molecule has 0 heterocycles. The summed E-state index contributed by atoms with van der Waals surface area (Å²) < 4.78 is 5.16. The van der Waals surface area contributed by atoms with Gasteiger partial charge >= 0.3 is 5.97 Å². The first-order chi connectivity index (χ1) is 11.2. The van der Waals surface area contributed by atoms with Crippen molar-refractivity contribution in [2.45, 2.75) is 65.7 Å². The predicted octanol–water partition coefficient (Wildman–Crippen LogP) is 4.62. The Morgan fingerprint density at radius 3 is 2.54 bits per heavy atom. The lowest BCUT2D eigenvalue weighted by molar-refractivity contribution is -0.163. The molecule has 0 N–H and O–H groups in total. The van der Waals surface area contributed by atoms with E-state index in [1.807, 2.05) is 13.0 Å². The number of allylic oxidation sites excluding steroid dienone is 3. The van der Waals surface area contributed by atoms with Crippen LogP contribution >= 0.6 is 0 Å². The Bertz CT molecular complexity index is 631. The fourth-order valence-corrected chi connectivity index (χ4v) is 5.86. The largest absolute Gasteiger partial charge is 0.469 e. The average molecular weight is 330 g/mol. The molecule has 0 aliphatic heterocycles. The third kappa shape index (κ3) is 2.16. The SMILES string of the molecule is C=C[C@]1(C)CCC2=C(CC[C@H]3[C@](C)(C(=O)OC)CCC[C@]23C)C1=O. The molecule has 3 aliphatic carbocycles. The zero-order valence-electron chi connectivity index (χ0n) is 15.5. The van der Waals surface area contributed by atoms with Crippen LogP contribution in [0.25, 0.3) is 0 Å². The molecule has 3 nitrogen and oxygen atoms in total. The number of methoxy groups -OCH3 is 1. The van der Waals surface area contributed by atoms with Crippen molar-refractivity contribution in [3.8, 4) is 0 Å². The van der Waals surface area contributed by atoms with Crippen molar-refractivity contribution in [2.24, 2.45) is 22.2 Å². The molecule has 0 bridgehead atoms. The molecule has 0 saturated heterocycles. The molecule has 3 heteroatoms. The van der Waals surface area contributed by atoms with Crippen LogP contribution < -0.4 is 0 Å². The Kier molecular flexibility index (Phi) is 4.05. The molecule has 0 unspecified atom stereocenters. The minimum atomic E-state index is -0.428. The van der Waals surface area contributed by atoms with Crippen molar-refractivity contribution in [3.63, 3.8) is 0 Å². The van der Waals surface area contributed by atoms with E-state index in [0.717, 1.165) is 50.5 Å². The first-order valence-electron chi connectivity index (χ1n) is 9.22. The molecule has 0 aromatic rings. The van der Waals surface area contributed by atoms with Crippen LogP contribution in [0, 0.1) is 22.2 Å². The molecule has 24 heavy (non-hydrogen) atoms. The fraction of sp³-hybridized carbons (Fsp3) is 0.714. The Morgan fingerprint density at radius 2 is 1.92 bits per heavy atom. The fourth-order valence-electron chi connectivity index (χ4n) is 5.86. The van der Waals surface area contributed by atoms with Crippen molar-refractivity contribution in [1.82, 2.24) is 0 Å². The highest BCUT2D eigenvalue weighted by molar-refractivity contribution is 6.02. The van der Waals surface area contributed by atoms with E-state index in [-0.39, 0.29) is 23.1 Å². The van der Waals surface area contributed by atoms with Crippen molar-refractivity contribution in [3.05, 3.63) is 23.8 Å². The van der Waals surface area contributed by atoms with E-state index in [9.17, 15) is 9.59 Å². The molecule has 0 aromatic heterocycles. The van der Waals surface area contributed by atoms with Gasteiger partial charge in [0.2, 0.25) is 0 Å². The minimum absolute atomic E-state index is 0.0487. The second-order valence-electron chi connectivity index (χ2n) is 8.68. The van der Waals surface area contributed by atoms with E-state index < -0.39 is 10.8 Å². The summed E-state index contributed by atoms with van der Waals surface area (Å²) in [5.74, 6) is 0.454. The zero-order valence-corrected chi connectivity index (χ0v) is 15.5. The van der Waals surface area contributed by atoms with Gasteiger partial charge in [0, 0.05) is 5.41 Å². The molecule has 0 spiro atoms. The summed E-state index contributed by atoms with van der Waals surface area (Å²) in [7, 11) is 1.49. The lowest BCUT2D eigenvalue weighted by Gasteiger charge is -2.56. The smallest absolute Gasteiger partial charge is 0.311 e. The maximum atomic E-state index is 13.1. The summed E-state index contributed by atoms with van der Waals surface area (Å²) in [6.07, 6.45) is 8.29. The number of esters is 1. The highest BCUT2D eigenvalue weighted by atomic mass is 16.5. The maximum Gasteiger partial charge on any atom is 0.311 e. The van der Waals surface area contributed by atoms with Crippen LogP contribution in [0.3, 0.4) is 0 Å². The Labute approximate surface area is 145 Å². The van der Waals surface area contributed by atoms with Gasteiger partial charge in [-0.25, -0.2) is 0 Å². The molecule has 3 rings (SSSR count). The van der Waals surface area contributed by atoms with E-state index in [4.69, 9.17) is 4.74 Å². The molecule has 3 aliphatic rings. The van der Waals surface area contributed by atoms with Gasteiger partial charge < -0.3 is 4.74 Å². The van der Waals surface area contributed by atoms with Gasteiger partial charge in [-0.1, -0.05) is 25.0 Å². The summed E-state index contributed by atoms with van der Waals surface area (Å²) in [5.41, 5.74) is 1.48. The van der Waals surface area contributed by atoms with Gasteiger partial charge in [0.25, 0.3) is 0 Å². The zero-order chi connectivity index (χ0) is 17.8. The Morgan fingerprint density at radius 1 is 1.21 bits per heavy atom. The van der Waals surface area contributed by atoms with Crippen LogP contribution in [0.2, 0.25) is 0 Å². The van der Waals surface area contributed by atoms with Gasteiger partial charge in [-0.2, -0.15) is 0 Å². The second kappa shape index (κ2) is 5.57. The van der Waals surface area contributed by atoms with Crippen LogP contribution in [0.15, 0.2) is 23.8 Å².